The zero-order chi connectivity index (χ0) is 14.6. The molecule has 1 rings (SSSR count). The van der Waals surface area contributed by atoms with Crippen molar-refractivity contribution in [3.63, 3.8) is 0 Å². The van der Waals surface area contributed by atoms with Gasteiger partial charge in [0.25, 0.3) is 0 Å². The molecule has 2 N–H and O–H groups in total. The van der Waals surface area contributed by atoms with Crippen molar-refractivity contribution in [2.45, 2.75) is 13.8 Å². The second kappa shape index (κ2) is 6.51. The van der Waals surface area contributed by atoms with Gasteiger partial charge >= 0.3 is 12.0 Å². The van der Waals surface area contributed by atoms with E-state index in [2.05, 4.69) is 21.2 Å². The summed E-state index contributed by atoms with van der Waals surface area (Å²) < 4.78 is 13.7. The number of nitrogens with one attached hydrogen (secondary N) is 1. The number of aryl methyl sites for hydroxylation is 1. The van der Waals surface area contributed by atoms with Crippen LogP contribution in [-0.2, 0) is 4.79 Å². The fraction of sp³-hybridized carbons (Fsp3) is 0.333. The van der Waals surface area contributed by atoms with Crippen LogP contribution in [0.4, 0.5) is 14.9 Å². The van der Waals surface area contributed by atoms with Gasteiger partial charge in [0.1, 0.15) is 12.4 Å². The maximum Gasteiger partial charge on any atom is 0.323 e. The predicted octanol–water partition coefficient (Wildman–Crippen LogP) is 2.84. The monoisotopic (exact) mass is 332 g/mol. The zero-order valence-electron chi connectivity index (χ0n) is 10.5. The van der Waals surface area contributed by atoms with Crippen molar-refractivity contribution in [2.75, 3.05) is 18.4 Å². The van der Waals surface area contributed by atoms with Gasteiger partial charge in [-0.15, -0.1) is 0 Å². The van der Waals surface area contributed by atoms with E-state index in [-0.39, 0.29) is 6.54 Å². The Kier molecular flexibility index (Phi) is 5.29. The number of halogens is 2. The number of carbonyl (C=O) groups is 2. The number of carbonyl (C=O) groups excluding carboxylic acids is 1. The molecule has 0 aliphatic rings. The molecule has 0 aliphatic heterocycles. The number of carboxylic acid groups (broad SMARTS) is 1. The van der Waals surface area contributed by atoms with Crippen LogP contribution in [0.2, 0.25) is 0 Å². The average Bonchev–Trinajstić information content (AvgIpc) is 2.32. The number of rotatable bonds is 4. The largest absolute Gasteiger partial charge is 0.480 e. The standard InChI is InChI=1S/C12H14BrFN2O3/c1-3-16(6-11(17)18)12(19)15-10-5-9(14)8(13)4-7(10)2/h4-5H,3,6H2,1-2H3,(H,15,19)(H,17,18). The summed E-state index contributed by atoms with van der Waals surface area (Å²) in [6.07, 6.45) is 0. The summed E-state index contributed by atoms with van der Waals surface area (Å²) in [4.78, 5) is 23.6. The van der Waals surface area contributed by atoms with Crippen molar-refractivity contribution in [1.82, 2.24) is 4.90 Å². The molecule has 0 aromatic heterocycles. The third-order valence-corrected chi connectivity index (χ3v) is 3.11. The van der Waals surface area contributed by atoms with Crippen LogP contribution in [-0.4, -0.2) is 35.1 Å². The van der Waals surface area contributed by atoms with Crippen LogP contribution in [0.15, 0.2) is 16.6 Å². The second-order valence-corrected chi connectivity index (χ2v) is 4.77. The minimum atomic E-state index is -1.10. The fourth-order valence-electron chi connectivity index (χ4n) is 1.47. The number of anilines is 1. The molecule has 1 aromatic rings. The molecular weight excluding hydrogens is 319 g/mol. The Balaban J connectivity index is 2.86. The molecule has 19 heavy (non-hydrogen) atoms. The van der Waals surface area contributed by atoms with E-state index >= 15 is 0 Å². The van der Waals surface area contributed by atoms with Crippen LogP contribution in [0.1, 0.15) is 12.5 Å². The average molecular weight is 333 g/mol. The molecule has 0 fully saturated rings. The molecule has 0 saturated heterocycles. The van der Waals surface area contributed by atoms with Crippen molar-refractivity contribution in [2.24, 2.45) is 0 Å². The van der Waals surface area contributed by atoms with Gasteiger partial charge in [0.15, 0.2) is 0 Å². The Morgan fingerprint density at radius 1 is 1.47 bits per heavy atom. The smallest absolute Gasteiger partial charge is 0.323 e. The van der Waals surface area contributed by atoms with Gasteiger partial charge in [-0.25, -0.2) is 9.18 Å². The molecule has 104 valence electrons. The lowest BCUT2D eigenvalue weighted by Crippen LogP contribution is -2.38. The van der Waals surface area contributed by atoms with Crippen molar-refractivity contribution in [3.05, 3.63) is 28.0 Å². The molecule has 0 aliphatic carbocycles. The zero-order valence-corrected chi connectivity index (χ0v) is 12.1. The van der Waals surface area contributed by atoms with Gasteiger partial charge in [0.2, 0.25) is 0 Å². The van der Waals surface area contributed by atoms with Gasteiger partial charge in [-0.1, -0.05) is 0 Å². The maximum atomic E-state index is 13.4. The summed E-state index contributed by atoms with van der Waals surface area (Å²) in [5.74, 6) is -1.60. The van der Waals surface area contributed by atoms with Crippen molar-refractivity contribution in [1.29, 1.82) is 0 Å². The van der Waals surface area contributed by atoms with Crippen molar-refractivity contribution < 1.29 is 19.1 Å². The van der Waals surface area contributed by atoms with E-state index in [1.807, 2.05) is 0 Å². The number of hydrogen-bond donors (Lipinski definition) is 2. The van der Waals surface area contributed by atoms with Crippen LogP contribution >= 0.6 is 15.9 Å². The van der Waals surface area contributed by atoms with Crippen LogP contribution in [0.5, 0.6) is 0 Å². The highest BCUT2D eigenvalue weighted by Gasteiger charge is 2.16. The van der Waals surface area contributed by atoms with E-state index < -0.39 is 24.4 Å². The fourth-order valence-corrected chi connectivity index (χ4v) is 1.92. The van der Waals surface area contributed by atoms with E-state index in [0.29, 0.717) is 15.7 Å². The summed E-state index contributed by atoms with van der Waals surface area (Å²) in [5.41, 5.74) is 0.988. The lowest BCUT2D eigenvalue weighted by Gasteiger charge is -2.20. The summed E-state index contributed by atoms with van der Waals surface area (Å²) >= 11 is 3.05. The van der Waals surface area contributed by atoms with E-state index in [1.54, 1.807) is 19.9 Å². The number of aliphatic carboxylic acids is 1. The summed E-state index contributed by atoms with van der Waals surface area (Å²) in [5, 5.41) is 11.2. The highest BCUT2D eigenvalue weighted by atomic mass is 79.9. The topological polar surface area (TPSA) is 69.6 Å². The third kappa shape index (κ3) is 4.20. The predicted molar refractivity (Wildman–Crippen MR) is 72.7 cm³/mol. The number of hydrogen-bond acceptors (Lipinski definition) is 2. The van der Waals surface area contributed by atoms with E-state index in [0.717, 1.165) is 4.90 Å². The SMILES string of the molecule is CCN(CC(=O)O)C(=O)Nc1cc(F)c(Br)cc1C. The number of likely N-dealkylation sites (N-methyl/N-ethyl adjacent to an activating group) is 1. The Morgan fingerprint density at radius 3 is 2.63 bits per heavy atom. The van der Waals surface area contributed by atoms with Gasteiger partial charge in [-0.3, -0.25) is 4.79 Å². The first-order valence-electron chi connectivity index (χ1n) is 5.58. The van der Waals surface area contributed by atoms with Gasteiger partial charge in [-0.2, -0.15) is 0 Å². The minimum absolute atomic E-state index is 0.246. The van der Waals surface area contributed by atoms with Gasteiger partial charge in [-0.05, 0) is 47.5 Å². The molecule has 0 heterocycles. The molecule has 5 nitrogen and oxygen atoms in total. The van der Waals surface area contributed by atoms with E-state index in [1.165, 1.54) is 6.07 Å². The van der Waals surface area contributed by atoms with E-state index in [9.17, 15) is 14.0 Å². The Labute approximate surface area is 118 Å². The lowest BCUT2D eigenvalue weighted by atomic mass is 10.2. The minimum Gasteiger partial charge on any atom is -0.480 e. The number of urea groups is 1. The van der Waals surface area contributed by atoms with Crippen molar-refractivity contribution in [3.8, 4) is 0 Å². The number of benzene rings is 1. The van der Waals surface area contributed by atoms with Gasteiger partial charge < -0.3 is 15.3 Å². The third-order valence-electron chi connectivity index (χ3n) is 2.50. The quantitative estimate of drug-likeness (QED) is 0.890. The Bertz CT molecular complexity index is 508. The highest BCUT2D eigenvalue weighted by molar-refractivity contribution is 9.10. The van der Waals surface area contributed by atoms with Gasteiger partial charge in [0.05, 0.1) is 4.47 Å². The summed E-state index contributed by atoms with van der Waals surface area (Å²) in [7, 11) is 0. The summed E-state index contributed by atoms with van der Waals surface area (Å²) in [6.45, 7) is 3.22. The number of carboxylic acids is 1. The maximum absolute atomic E-state index is 13.4. The molecule has 0 radical (unpaired) electrons. The molecule has 0 saturated carbocycles. The van der Waals surface area contributed by atoms with Gasteiger partial charge in [0, 0.05) is 12.2 Å². The first-order chi connectivity index (χ1) is 8.85. The van der Waals surface area contributed by atoms with Crippen LogP contribution < -0.4 is 5.32 Å². The normalized spacial score (nSPS) is 10.1. The first-order valence-corrected chi connectivity index (χ1v) is 6.37. The Morgan fingerprint density at radius 2 is 2.11 bits per heavy atom. The van der Waals surface area contributed by atoms with Crippen molar-refractivity contribution >= 4 is 33.6 Å². The highest BCUT2D eigenvalue weighted by Crippen LogP contribution is 2.24. The van der Waals surface area contributed by atoms with Crippen LogP contribution in [0.3, 0.4) is 0 Å². The molecule has 0 bridgehead atoms. The van der Waals surface area contributed by atoms with E-state index in [4.69, 9.17) is 5.11 Å². The molecule has 0 spiro atoms. The molecule has 1 aromatic carbocycles. The number of nitrogens with zero attached hydrogens (tertiary/aromatic N) is 1. The second-order valence-electron chi connectivity index (χ2n) is 3.92. The Hall–Kier alpha value is -1.63. The molecular formula is C12H14BrFN2O3. The lowest BCUT2D eigenvalue weighted by molar-refractivity contribution is -0.137. The molecule has 0 unspecified atom stereocenters. The molecule has 2 amide bonds. The number of amides is 2. The molecule has 7 heteroatoms. The molecule has 0 atom stereocenters. The van der Waals surface area contributed by atoms with Crippen LogP contribution in [0, 0.1) is 12.7 Å². The summed E-state index contributed by atoms with van der Waals surface area (Å²) in [6, 6.07) is 2.15. The van der Waals surface area contributed by atoms with Crippen LogP contribution in [0.25, 0.3) is 0 Å². The first kappa shape index (κ1) is 15.4.